The van der Waals surface area contributed by atoms with Gasteiger partial charge in [-0.3, -0.25) is 9.69 Å². The van der Waals surface area contributed by atoms with E-state index < -0.39 is 23.0 Å². The maximum Gasteiger partial charge on any atom is 0.407 e. The van der Waals surface area contributed by atoms with E-state index in [0.717, 1.165) is 42.6 Å². The third-order valence-electron chi connectivity index (χ3n) is 6.48. The number of carbonyl (C=O) groups is 1. The maximum absolute atomic E-state index is 13.7. The smallest absolute Gasteiger partial charge is 0.303 e. The standard InChI is InChI=1S/C23H20F3N3OS.C8H3N/c1-15-6-8-16(9-7-15)29-21(31)28(20(30)22(29)12-4-3-5-13-22)17-10-11-19(27-2)18(14-17)23(24,25)26;1-2-3-4-5-6-7-8-9/h6-11,14H,3-5,12-13H2,1H3;1H3. The van der Waals surface area contributed by atoms with E-state index in [2.05, 4.69) is 40.4 Å². The van der Waals surface area contributed by atoms with Gasteiger partial charge in [0.25, 0.3) is 5.91 Å². The van der Waals surface area contributed by atoms with Crippen LogP contribution >= 0.6 is 12.2 Å². The first-order valence-corrected chi connectivity index (χ1v) is 12.7. The summed E-state index contributed by atoms with van der Waals surface area (Å²) >= 11 is 5.68. The Balaban J connectivity index is 0.000000424. The van der Waals surface area contributed by atoms with Crippen LogP contribution in [0.3, 0.4) is 0 Å². The van der Waals surface area contributed by atoms with Crippen LogP contribution in [0.15, 0.2) is 42.5 Å². The zero-order chi connectivity index (χ0) is 29.3. The van der Waals surface area contributed by atoms with Crippen molar-refractivity contribution in [3.05, 3.63) is 65.0 Å². The number of aryl methyl sites for hydroxylation is 1. The Morgan fingerprint density at radius 2 is 1.57 bits per heavy atom. The molecule has 2 aromatic rings. The molecule has 5 nitrogen and oxygen atoms in total. The minimum atomic E-state index is -4.71. The number of halogens is 3. The van der Waals surface area contributed by atoms with Crippen molar-refractivity contribution in [2.45, 2.75) is 57.7 Å². The number of anilines is 2. The molecule has 0 bridgehead atoms. The Bertz CT molecular complexity index is 1570. The molecule has 0 N–H and O–H groups in total. The number of alkyl halides is 3. The quantitative estimate of drug-likeness (QED) is 0.228. The van der Waals surface area contributed by atoms with Gasteiger partial charge in [-0.25, -0.2) is 4.85 Å². The minimum Gasteiger partial charge on any atom is -0.303 e. The molecule has 0 unspecified atom stereocenters. The second-order valence-electron chi connectivity index (χ2n) is 8.98. The van der Waals surface area contributed by atoms with Gasteiger partial charge in [-0.2, -0.15) is 18.4 Å². The summed E-state index contributed by atoms with van der Waals surface area (Å²) in [5.41, 5.74) is -0.629. The van der Waals surface area contributed by atoms with Crippen LogP contribution in [0.4, 0.5) is 30.2 Å². The molecule has 4 rings (SSSR count). The van der Waals surface area contributed by atoms with Crippen LogP contribution in [0.1, 0.15) is 50.2 Å². The first-order chi connectivity index (χ1) is 19.1. The maximum atomic E-state index is 13.7. The Morgan fingerprint density at radius 3 is 2.15 bits per heavy atom. The summed E-state index contributed by atoms with van der Waals surface area (Å²) in [6.45, 7) is 10.7. The van der Waals surface area contributed by atoms with Crippen molar-refractivity contribution in [3.8, 4) is 41.6 Å². The zero-order valence-corrected chi connectivity index (χ0v) is 22.6. The van der Waals surface area contributed by atoms with Gasteiger partial charge in [-0.1, -0.05) is 48.9 Å². The summed E-state index contributed by atoms with van der Waals surface area (Å²) in [4.78, 5) is 19.7. The lowest BCUT2D eigenvalue weighted by atomic mass is 9.80. The fraction of sp³-hybridized carbons (Fsp3) is 0.290. The fourth-order valence-corrected chi connectivity index (χ4v) is 5.17. The first-order valence-electron chi connectivity index (χ1n) is 12.3. The fourth-order valence-electron chi connectivity index (χ4n) is 4.70. The largest absolute Gasteiger partial charge is 0.407 e. The van der Waals surface area contributed by atoms with E-state index in [1.54, 1.807) is 13.0 Å². The van der Waals surface area contributed by atoms with Crippen LogP contribution in [0.25, 0.3) is 4.85 Å². The van der Waals surface area contributed by atoms with Crippen LogP contribution in [-0.4, -0.2) is 16.6 Å². The molecular formula is C31H23F3N4OS. The number of benzene rings is 2. The summed E-state index contributed by atoms with van der Waals surface area (Å²) in [7, 11) is 0. The zero-order valence-electron chi connectivity index (χ0n) is 21.8. The van der Waals surface area contributed by atoms with Crippen molar-refractivity contribution in [1.29, 1.82) is 5.26 Å². The van der Waals surface area contributed by atoms with Gasteiger partial charge in [0.15, 0.2) is 16.9 Å². The normalized spacial score (nSPS) is 15.2. The van der Waals surface area contributed by atoms with E-state index in [1.165, 1.54) is 11.0 Å². The second-order valence-corrected chi connectivity index (χ2v) is 9.35. The van der Waals surface area contributed by atoms with E-state index in [4.69, 9.17) is 24.1 Å². The molecule has 1 aliphatic heterocycles. The summed E-state index contributed by atoms with van der Waals surface area (Å²) in [5.74, 6) is 14.0. The van der Waals surface area contributed by atoms with Gasteiger partial charge in [0.1, 0.15) is 5.54 Å². The third kappa shape index (κ3) is 6.27. The van der Waals surface area contributed by atoms with Crippen molar-refractivity contribution in [2.24, 2.45) is 0 Å². The van der Waals surface area contributed by atoms with Gasteiger partial charge in [0, 0.05) is 29.1 Å². The van der Waals surface area contributed by atoms with Crippen LogP contribution in [0, 0.1) is 60.3 Å². The lowest BCUT2D eigenvalue weighted by molar-refractivity contribution is -0.136. The van der Waals surface area contributed by atoms with Gasteiger partial charge in [-0.15, -0.1) is 0 Å². The highest BCUT2D eigenvalue weighted by Gasteiger charge is 2.56. The molecule has 2 fully saturated rings. The van der Waals surface area contributed by atoms with Crippen molar-refractivity contribution < 1.29 is 18.0 Å². The van der Waals surface area contributed by atoms with Crippen LogP contribution in [0.5, 0.6) is 0 Å². The molecule has 40 heavy (non-hydrogen) atoms. The van der Waals surface area contributed by atoms with Crippen molar-refractivity contribution in [1.82, 2.24) is 0 Å². The highest BCUT2D eigenvalue weighted by atomic mass is 32.1. The molecule has 1 saturated heterocycles. The van der Waals surface area contributed by atoms with Crippen molar-refractivity contribution >= 4 is 40.3 Å². The van der Waals surface area contributed by atoms with Gasteiger partial charge in [0.2, 0.25) is 0 Å². The minimum absolute atomic E-state index is 0.0364. The number of hydrogen-bond acceptors (Lipinski definition) is 3. The molecule has 1 saturated carbocycles. The Hall–Kier alpha value is -4.75. The molecular weight excluding hydrogens is 533 g/mol. The number of thiocarbonyl (C=S) groups is 1. The second kappa shape index (κ2) is 12.9. The number of nitriles is 1. The summed E-state index contributed by atoms with van der Waals surface area (Å²) in [6.07, 6.45) is -0.851. The molecule has 200 valence electrons. The molecule has 9 heteroatoms. The Morgan fingerprint density at radius 1 is 0.975 bits per heavy atom. The highest BCUT2D eigenvalue weighted by molar-refractivity contribution is 7.81. The monoisotopic (exact) mass is 556 g/mol. The third-order valence-corrected chi connectivity index (χ3v) is 6.84. The number of carbonyl (C=O) groups excluding carboxylic acids is 1. The van der Waals surface area contributed by atoms with Crippen LogP contribution in [-0.2, 0) is 11.0 Å². The van der Waals surface area contributed by atoms with Crippen molar-refractivity contribution in [2.75, 3.05) is 9.80 Å². The molecule has 2 aliphatic rings. The lowest BCUT2D eigenvalue weighted by Gasteiger charge is -2.39. The van der Waals surface area contributed by atoms with E-state index in [-0.39, 0.29) is 16.7 Å². The average molecular weight is 557 g/mol. The van der Waals surface area contributed by atoms with Gasteiger partial charge >= 0.3 is 6.18 Å². The first kappa shape index (κ1) is 29.8. The van der Waals surface area contributed by atoms with Gasteiger partial charge in [0.05, 0.1) is 12.1 Å². The summed E-state index contributed by atoms with van der Waals surface area (Å²) < 4.78 is 40.6. The molecule has 1 aliphatic carbocycles. The molecule has 0 atom stereocenters. The Labute approximate surface area is 237 Å². The molecule has 1 spiro atoms. The van der Waals surface area contributed by atoms with Gasteiger partial charge in [-0.05, 0) is 75.0 Å². The van der Waals surface area contributed by atoms with Crippen LogP contribution in [0.2, 0.25) is 0 Å². The number of nitrogens with zero attached hydrogens (tertiary/aromatic N) is 4. The van der Waals surface area contributed by atoms with E-state index in [0.29, 0.717) is 12.8 Å². The molecule has 2 aromatic carbocycles. The number of hydrogen-bond donors (Lipinski definition) is 0. The average Bonchev–Trinajstić information content (AvgIpc) is 3.14. The molecule has 0 aromatic heterocycles. The van der Waals surface area contributed by atoms with Gasteiger partial charge < -0.3 is 4.90 Å². The predicted molar refractivity (Wildman–Crippen MR) is 152 cm³/mol. The Kier molecular flexibility index (Phi) is 9.59. The van der Waals surface area contributed by atoms with E-state index in [1.807, 2.05) is 36.1 Å². The SMILES string of the molecule is CC#CC#CC#CC#N.[C-]#[N+]c1ccc(N2C(=O)C3(CCCCC3)N(c3ccc(C)cc3)C2=S)cc1C(F)(F)F. The molecule has 0 radical (unpaired) electrons. The number of rotatable bonds is 2. The molecule has 1 heterocycles. The predicted octanol–water partition coefficient (Wildman–Crippen LogP) is 6.95. The van der Waals surface area contributed by atoms with Crippen molar-refractivity contribution in [3.63, 3.8) is 0 Å². The summed E-state index contributed by atoms with van der Waals surface area (Å²) in [5, 5.41) is 8.06. The topological polar surface area (TPSA) is 51.7 Å². The van der Waals surface area contributed by atoms with Crippen LogP contribution < -0.4 is 9.80 Å². The highest BCUT2D eigenvalue weighted by Crippen LogP contribution is 2.46. The molecule has 1 amide bonds. The van der Waals surface area contributed by atoms with E-state index in [9.17, 15) is 18.0 Å². The lowest BCUT2D eigenvalue weighted by Crippen LogP contribution is -2.51. The summed E-state index contributed by atoms with van der Waals surface area (Å²) in [6, 6.07) is 12.6. The van der Waals surface area contributed by atoms with E-state index >= 15 is 0 Å². The number of amides is 1.